The molecule has 6 nitrogen and oxygen atoms in total. The maximum absolute atomic E-state index is 13.9. The molecule has 0 unspecified atom stereocenters. The SMILES string of the molecule is CCCN(CC)CCN=C(NCC)NC1CCN(Cc2ccc(OC)c(F)c2)CC1.I. The van der Waals surface area contributed by atoms with Gasteiger partial charge in [0.2, 0.25) is 0 Å². The Morgan fingerprint density at radius 3 is 2.55 bits per heavy atom. The molecule has 1 aromatic carbocycles. The second kappa shape index (κ2) is 15.6. The predicted molar refractivity (Wildman–Crippen MR) is 138 cm³/mol. The van der Waals surface area contributed by atoms with Crippen molar-refractivity contribution < 1.29 is 9.13 Å². The van der Waals surface area contributed by atoms with Crippen LogP contribution in [0.15, 0.2) is 23.2 Å². The standard InChI is InChI=1S/C23H40FN5O.HI/c1-5-13-28(7-3)16-12-26-23(25-6-2)27-20-10-14-29(15-11-20)18-19-8-9-22(30-4)21(24)17-19;/h8-9,17,20H,5-7,10-16,18H2,1-4H3,(H2,25,26,27);1H. The van der Waals surface area contributed by atoms with Gasteiger partial charge in [0.25, 0.3) is 0 Å². The molecule has 1 heterocycles. The van der Waals surface area contributed by atoms with E-state index in [1.165, 1.54) is 13.5 Å². The summed E-state index contributed by atoms with van der Waals surface area (Å²) in [6.45, 7) is 14.1. The number of guanidine groups is 1. The molecule has 0 atom stereocenters. The summed E-state index contributed by atoms with van der Waals surface area (Å²) in [5.74, 6) is 0.924. The number of nitrogens with zero attached hydrogens (tertiary/aromatic N) is 3. The molecule has 2 N–H and O–H groups in total. The number of aliphatic imine (C=N–C) groups is 1. The van der Waals surface area contributed by atoms with E-state index in [0.717, 1.165) is 76.7 Å². The second-order valence-corrected chi connectivity index (χ2v) is 7.86. The van der Waals surface area contributed by atoms with E-state index >= 15 is 0 Å². The fraction of sp³-hybridized carbons (Fsp3) is 0.696. The summed E-state index contributed by atoms with van der Waals surface area (Å²) in [5.41, 5.74) is 0.988. The first-order valence-corrected chi connectivity index (χ1v) is 11.4. The van der Waals surface area contributed by atoms with E-state index in [-0.39, 0.29) is 29.8 Å². The third-order valence-corrected chi connectivity index (χ3v) is 5.57. The minimum Gasteiger partial charge on any atom is -0.494 e. The summed E-state index contributed by atoms with van der Waals surface area (Å²) < 4.78 is 18.9. The minimum atomic E-state index is -0.293. The normalized spacial score (nSPS) is 15.6. The number of ether oxygens (including phenoxy) is 1. The van der Waals surface area contributed by atoms with E-state index in [9.17, 15) is 4.39 Å². The van der Waals surface area contributed by atoms with Crippen LogP contribution in [0.2, 0.25) is 0 Å². The summed E-state index contributed by atoms with van der Waals surface area (Å²) in [6.07, 6.45) is 3.29. The zero-order valence-corrected chi connectivity index (χ0v) is 22.0. The Balaban J connectivity index is 0.00000480. The predicted octanol–water partition coefficient (Wildman–Crippen LogP) is 3.70. The lowest BCUT2D eigenvalue weighted by atomic mass is 10.0. The number of methoxy groups -OCH3 is 1. The van der Waals surface area contributed by atoms with Crippen LogP contribution in [-0.2, 0) is 6.54 Å². The van der Waals surface area contributed by atoms with Gasteiger partial charge in [-0.1, -0.05) is 19.9 Å². The van der Waals surface area contributed by atoms with Crippen molar-refractivity contribution in [1.29, 1.82) is 0 Å². The number of likely N-dealkylation sites (tertiary alicyclic amines) is 1. The van der Waals surface area contributed by atoms with Crippen LogP contribution < -0.4 is 15.4 Å². The van der Waals surface area contributed by atoms with Gasteiger partial charge in [-0.15, -0.1) is 24.0 Å². The zero-order valence-electron chi connectivity index (χ0n) is 19.6. The third-order valence-electron chi connectivity index (χ3n) is 5.57. The van der Waals surface area contributed by atoms with Crippen molar-refractivity contribution in [2.75, 3.05) is 52.9 Å². The van der Waals surface area contributed by atoms with Gasteiger partial charge in [0.05, 0.1) is 13.7 Å². The molecule has 0 aliphatic carbocycles. The summed E-state index contributed by atoms with van der Waals surface area (Å²) in [5, 5.41) is 6.98. The van der Waals surface area contributed by atoms with Gasteiger partial charge in [-0.2, -0.15) is 0 Å². The lowest BCUT2D eigenvalue weighted by molar-refractivity contribution is 0.198. The van der Waals surface area contributed by atoms with Crippen molar-refractivity contribution in [3.63, 3.8) is 0 Å². The zero-order chi connectivity index (χ0) is 21.8. The summed E-state index contributed by atoms with van der Waals surface area (Å²) in [7, 11) is 1.49. The summed E-state index contributed by atoms with van der Waals surface area (Å²) in [6, 6.07) is 5.65. The molecule has 0 saturated carbocycles. The van der Waals surface area contributed by atoms with Gasteiger partial charge in [-0.25, -0.2) is 4.39 Å². The largest absolute Gasteiger partial charge is 0.494 e. The van der Waals surface area contributed by atoms with E-state index in [2.05, 4.69) is 41.2 Å². The molecule has 1 aliphatic heterocycles. The van der Waals surface area contributed by atoms with E-state index < -0.39 is 0 Å². The number of piperidine rings is 1. The molecule has 2 rings (SSSR count). The monoisotopic (exact) mass is 549 g/mol. The molecule has 0 spiro atoms. The van der Waals surface area contributed by atoms with Crippen LogP contribution in [0.3, 0.4) is 0 Å². The van der Waals surface area contributed by atoms with Gasteiger partial charge < -0.3 is 20.3 Å². The summed E-state index contributed by atoms with van der Waals surface area (Å²) >= 11 is 0. The van der Waals surface area contributed by atoms with Crippen LogP contribution in [0.4, 0.5) is 4.39 Å². The number of rotatable bonds is 11. The number of hydrogen-bond acceptors (Lipinski definition) is 4. The van der Waals surface area contributed by atoms with Gasteiger partial charge >= 0.3 is 0 Å². The topological polar surface area (TPSA) is 52.1 Å². The van der Waals surface area contributed by atoms with Crippen LogP contribution in [0, 0.1) is 5.82 Å². The Bertz CT molecular complexity index is 653. The van der Waals surface area contributed by atoms with Crippen molar-refractivity contribution in [1.82, 2.24) is 20.4 Å². The van der Waals surface area contributed by atoms with Gasteiger partial charge in [0.15, 0.2) is 17.5 Å². The van der Waals surface area contributed by atoms with Crippen molar-refractivity contribution >= 4 is 29.9 Å². The number of hydrogen-bond donors (Lipinski definition) is 2. The molecular weight excluding hydrogens is 508 g/mol. The van der Waals surface area contributed by atoms with Crippen molar-refractivity contribution in [2.24, 2.45) is 4.99 Å². The first-order chi connectivity index (χ1) is 14.6. The highest BCUT2D eigenvalue weighted by Crippen LogP contribution is 2.20. The highest BCUT2D eigenvalue weighted by molar-refractivity contribution is 14.0. The average molecular weight is 550 g/mol. The molecule has 0 aromatic heterocycles. The van der Waals surface area contributed by atoms with Gasteiger partial charge in [0, 0.05) is 38.8 Å². The smallest absolute Gasteiger partial charge is 0.191 e. The lowest BCUT2D eigenvalue weighted by Crippen LogP contribution is -2.48. The van der Waals surface area contributed by atoms with Crippen LogP contribution in [0.1, 0.15) is 45.6 Å². The first kappa shape index (κ1) is 27.9. The summed E-state index contributed by atoms with van der Waals surface area (Å²) in [4.78, 5) is 9.60. The van der Waals surface area contributed by atoms with Crippen LogP contribution in [-0.4, -0.2) is 74.7 Å². The maximum Gasteiger partial charge on any atom is 0.191 e. The van der Waals surface area contributed by atoms with Crippen molar-refractivity contribution in [3.05, 3.63) is 29.6 Å². The Labute approximate surface area is 205 Å². The van der Waals surface area contributed by atoms with Crippen molar-refractivity contribution in [2.45, 2.75) is 52.6 Å². The molecular formula is C23H41FIN5O. The molecule has 1 aromatic rings. The molecule has 0 bridgehead atoms. The molecule has 0 radical (unpaired) electrons. The van der Waals surface area contributed by atoms with Gasteiger partial charge in [-0.05, 0) is 57.0 Å². The Hall–Kier alpha value is -1.13. The van der Waals surface area contributed by atoms with E-state index in [4.69, 9.17) is 9.73 Å². The van der Waals surface area contributed by atoms with Crippen LogP contribution in [0.5, 0.6) is 5.75 Å². The number of likely N-dealkylation sites (N-methyl/N-ethyl adjacent to an activating group) is 1. The fourth-order valence-electron chi connectivity index (χ4n) is 3.86. The van der Waals surface area contributed by atoms with Gasteiger partial charge in [0.1, 0.15) is 0 Å². The Morgan fingerprint density at radius 2 is 1.97 bits per heavy atom. The highest BCUT2D eigenvalue weighted by Gasteiger charge is 2.20. The molecule has 1 fully saturated rings. The number of halogens is 2. The van der Waals surface area contributed by atoms with E-state index in [1.54, 1.807) is 12.1 Å². The molecule has 1 saturated heterocycles. The Kier molecular flexibility index (Phi) is 14.1. The highest BCUT2D eigenvalue weighted by atomic mass is 127. The number of benzene rings is 1. The molecule has 31 heavy (non-hydrogen) atoms. The van der Waals surface area contributed by atoms with Gasteiger partial charge in [-0.3, -0.25) is 9.89 Å². The van der Waals surface area contributed by atoms with E-state index in [0.29, 0.717) is 11.8 Å². The Morgan fingerprint density at radius 1 is 1.23 bits per heavy atom. The van der Waals surface area contributed by atoms with Crippen molar-refractivity contribution in [3.8, 4) is 5.75 Å². The molecule has 1 aliphatic rings. The first-order valence-electron chi connectivity index (χ1n) is 11.4. The lowest BCUT2D eigenvalue weighted by Gasteiger charge is -2.33. The fourth-order valence-corrected chi connectivity index (χ4v) is 3.86. The van der Waals surface area contributed by atoms with Crippen LogP contribution >= 0.6 is 24.0 Å². The molecule has 0 amide bonds. The second-order valence-electron chi connectivity index (χ2n) is 7.86. The minimum absolute atomic E-state index is 0. The quantitative estimate of drug-likeness (QED) is 0.251. The third kappa shape index (κ3) is 9.91. The number of nitrogens with one attached hydrogen (secondary N) is 2. The van der Waals surface area contributed by atoms with Crippen LogP contribution in [0.25, 0.3) is 0 Å². The molecule has 8 heteroatoms. The van der Waals surface area contributed by atoms with E-state index in [1.807, 2.05) is 6.07 Å². The molecule has 178 valence electrons. The average Bonchev–Trinajstić information content (AvgIpc) is 2.74. The maximum atomic E-state index is 13.9.